The molecule has 1 saturated carbocycles. The van der Waals surface area contributed by atoms with E-state index in [1.165, 1.54) is 0 Å². The van der Waals surface area contributed by atoms with Gasteiger partial charge in [-0.05, 0) is 36.8 Å². The van der Waals surface area contributed by atoms with Gasteiger partial charge in [0.1, 0.15) is 11.4 Å². The molecule has 1 aromatic rings. The number of nitrogens with one attached hydrogen (secondary N) is 1. The minimum absolute atomic E-state index is 0.137. The smallest absolute Gasteiger partial charge is 0.257 e. The van der Waals surface area contributed by atoms with Crippen molar-refractivity contribution in [3.63, 3.8) is 0 Å². The Balaban J connectivity index is 2.07. The van der Waals surface area contributed by atoms with Crippen LogP contribution in [-0.4, -0.2) is 12.5 Å². The van der Waals surface area contributed by atoms with E-state index in [4.69, 9.17) is 5.73 Å². The fourth-order valence-corrected chi connectivity index (χ4v) is 2.36. The van der Waals surface area contributed by atoms with Crippen molar-refractivity contribution in [3.05, 3.63) is 29.3 Å². The largest absolute Gasteiger partial charge is 0.396 e. The highest BCUT2D eigenvalue weighted by Crippen LogP contribution is 2.48. The second kappa shape index (κ2) is 5.15. The second-order valence-corrected chi connectivity index (χ2v) is 5.26. The van der Waals surface area contributed by atoms with Gasteiger partial charge in [-0.25, -0.2) is 8.78 Å². The van der Waals surface area contributed by atoms with Crippen LogP contribution in [0.5, 0.6) is 0 Å². The van der Waals surface area contributed by atoms with Crippen LogP contribution in [0.4, 0.5) is 14.5 Å². The van der Waals surface area contributed by atoms with E-state index >= 15 is 0 Å². The van der Waals surface area contributed by atoms with Crippen LogP contribution in [0, 0.1) is 17.0 Å². The second-order valence-electron chi connectivity index (χ2n) is 5.26. The van der Waals surface area contributed by atoms with Crippen molar-refractivity contribution in [3.8, 4) is 0 Å². The van der Waals surface area contributed by atoms with Gasteiger partial charge < -0.3 is 11.1 Å². The lowest BCUT2D eigenvalue weighted by Crippen LogP contribution is -2.31. The van der Waals surface area contributed by atoms with Crippen LogP contribution in [-0.2, 0) is 0 Å². The molecule has 0 heterocycles. The molecule has 1 amide bonds. The average molecular weight is 268 g/mol. The minimum Gasteiger partial charge on any atom is -0.396 e. The molecule has 2 rings (SSSR count). The maximum atomic E-state index is 13.7. The number of anilines is 1. The van der Waals surface area contributed by atoms with Crippen molar-refractivity contribution in [2.75, 3.05) is 12.3 Å². The van der Waals surface area contributed by atoms with Gasteiger partial charge in [-0.15, -0.1) is 0 Å². The average Bonchev–Trinajstić information content (AvgIpc) is 3.13. The van der Waals surface area contributed by atoms with E-state index in [0.717, 1.165) is 37.8 Å². The van der Waals surface area contributed by atoms with Gasteiger partial charge in [0.25, 0.3) is 5.91 Å². The summed E-state index contributed by atoms with van der Waals surface area (Å²) >= 11 is 0. The lowest BCUT2D eigenvalue weighted by atomic mass is 10.0. The number of nitrogens with two attached hydrogens (primary N) is 1. The SMILES string of the molecule is CCCC1(CNC(=O)c2c(F)ccc(N)c2F)CC1. The Bertz CT molecular complexity index is 498. The van der Waals surface area contributed by atoms with Crippen LogP contribution in [0.25, 0.3) is 0 Å². The van der Waals surface area contributed by atoms with E-state index in [9.17, 15) is 13.6 Å². The van der Waals surface area contributed by atoms with Crippen molar-refractivity contribution >= 4 is 11.6 Å². The first-order chi connectivity index (χ1) is 8.99. The third kappa shape index (κ3) is 2.85. The Morgan fingerprint density at radius 1 is 1.42 bits per heavy atom. The van der Waals surface area contributed by atoms with E-state index in [2.05, 4.69) is 12.2 Å². The Hall–Kier alpha value is -1.65. The number of rotatable bonds is 5. The maximum Gasteiger partial charge on any atom is 0.257 e. The molecule has 1 aromatic carbocycles. The number of carbonyl (C=O) groups is 1. The first kappa shape index (κ1) is 13.8. The topological polar surface area (TPSA) is 55.1 Å². The number of halogens is 2. The summed E-state index contributed by atoms with van der Waals surface area (Å²) in [5, 5.41) is 2.62. The summed E-state index contributed by atoms with van der Waals surface area (Å²) in [6, 6.07) is 2.12. The Kier molecular flexibility index (Phi) is 3.73. The molecule has 0 radical (unpaired) electrons. The van der Waals surface area contributed by atoms with Gasteiger partial charge in [-0.3, -0.25) is 4.79 Å². The van der Waals surface area contributed by atoms with Crippen LogP contribution >= 0.6 is 0 Å². The number of benzene rings is 1. The lowest BCUT2D eigenvalue weighted by molar-refractivity contribution is 0.0935. The van der Waals surface area contributed by atoms with E-state index in [-0.39, 0.29) is 11.1 Å². The Morgan fingerprint density at radius 3 is 2.68 bits per heavy atom. The normalized spacial score (nSPS) is 16.2. The number of amides is 1. The predicted octanol–water partition coefficient (Wildman–Crippen LogP) is 2.86. The first-order valence-corrected chi connectivity index (χ1v) is 6.51. The number of hydrogen-bond donors (Lipinski definition) is 2. The molecular weight excluding hydrogens is 250 g/mol. The van der Waals surface area contributed by atoms with Gasteiger partial charge in [0, 0.05) is 6.54 Å². The van der Waals surface area contributed by atoms with E-state index in [0.29, 0.717) is 6.54 Å². The summed E-state index contributed by atoms with van der Waals surface area (Å²) < 4.78 is 27.2. The van der Waals surface area contributed by atoms with Crippen molar-refractivity contribution in [1.82, 2.24) is 5.32 Å². The lowest BCUT2D eigenvalue weighted by Gasteiger charge is -2.15. The van der Waals surface area contributed by atoms with Crippen molar-refractivity contribution < 1.29 is 13.6 Å². The van der Waals surface area contributed by atoms with Crippen LogP contribution in [0.2, 0.25) is 0 Å². The van der Waals surface area contributed by atoms with Gasteiger partial charge in [0.05, 0.1) is 5.69 Å². The summed E-state index contributed by atoms with van der Waals surface area (Å²) in [7, 11) is 0. The number of nitrogen functional groups attached to an aromatic ring is 1. The van der Waals surface area contributed by atoms with Gasteiger partial charge in [-0.2, -0.15) is 0 Å². The molecule has 19 heavy (non-hydrogen) atoms. The zero-order valence-electron chi connectivity index (χ0n) is 10.9. The van der Waals surface area contributed by atoms with Crippen LogP contribution in [0.1, 0.15) is 43.0 Å². The number of hydrogen-bond acceptors (Lipinski definition) is 2. The van der Waals surface area contributed by atoms with Gasteiger partial charge in [0.2, 0.25) is 0 Å². The minimum atomic E-state index is -0.988. The highest BCUT2D eigenvalue weighted by molar-refractivity contribution is 5.95. The van der Waals surface area contributed by atoms with E-state index < -0.39 is 23.1 Å². The van der Waals surface area contributed by atoms with Gasteiger partial charge in [-0.1, -0.05) is 13.3 Å². The fourth-order valence-electron chi connectivity index (χ4n) is 2.36. The maximum absolute atomic E-state index is 13.7. The third-order valence-electron chi connectivity index (χ3n) is 3.71. The third-order valence-corrected chi connectivity index (χ3v) is 3.71. The predicted molar refractivity (Wildman–Crippen MR) is 69.7 cm³/mol. The molecule has 0 aromatic heterocycles. The van der Waals surface area contributed by atoms with E-state index in [1.54, 1.807) is 0 Å². The van der Waals surface area contributed by atoms with Crippen molar-refractivity contribution in [2.45, 2.75) is 32.6 Å². The fraction of sp³-hybridized carbons (Fsp3) is 0.500. The molecule has 5 heteroatoms. The Morgan fingerprint density at radius 2 is 2.11 bits per heavy atom. The monoisotopic (exact) mass is 268 g/mol. The zero-order chi connectivity index (χ0) is 14.0. The summed E-state index contributed by atoms with van der Waals surface area (Å²) in [6.07, 6.45) is 4.18. The molecule has 0 atom stereocenters. The number of carbonyl (C=O) groups excluding carboxylic acids is 1. The summed E-state index contributed by atoms with van der Waals surface area (Å²) in [5.74, 6) is -2.60. The van der Waals surface area contributed by atoms with Crippen molar-refractivity contribution in [2.24, 2.45) is 5.41 Å². The first-order valence-electron chi connectivity index (χ1n) is 6.51. The quantitative estimate of drug-likeness (QED) is 0.807. The van der Waals surface area contributed by atoms with Gasteiger partial charge in [0.15, 0.2) is 5.82 Å². The zero-order valence-corrected chi connectivity index (χ0v) is 10.9. The molecule has 1 fully saturated rings. The Labute approximate surface area is 111 Å². The highest BCUT2D eigenvalue weighted by atomic mass is 19.1. The summed E-state index contributed by atoms with van der Waals surface area (Å²) in [4.78, 5) is 11.9. The molecule has 3 N–H and O–H groups in total. The molecular formula is C14H18F2N2O. The van der Waals surface area contributed by atoms with Crippen molar-refractivity contribution in [1.29, 1.82) is 0 Å². The van der Waals surface area contributed by atoms with Crippen LogP contribution in [0.15, 0.2) is 12.1 Å². The molecule has 0 aliphatic heterocycles. The molecule has 3 nitrogen and oxygen atoms in total. The standard InChI is InChI=1S/C14H18F2N2O/c1-2-5-14(6-7-14)8-18-13(19)11-9(15)3-4-10(17)12(11)16/h3-4H,2,5-8,17H2,1H3,(H,18,19). The van der Waals surface area contributed by atoms with Crippen LogP contribution in [0.3, 0.4) is 0 Å². The van der Waals surface area contributed by atoms with Gasteiger partial charge >= 0.3 is 0 Å². The molecule has 1 aliphatic carbocycles. The summed E-state index contributed by atoms with van der Waals surface area (Å²) in [5.41, 5.74) is 4.67. The highest BCUT2D eigenvalue weighted by Gasteiger charge is 2.41. The molecule has 0 saturated heterocycles. The molecule has 0 spiro atoms. The summed E-state index contributed by atoms with van der Waals surface area (Å²) in [6.45, 7) is 2.55. The molecule has 1 aliphatic rings. The van der Waals surface area contributed by atoms with E-state index in [1.807, 2.05) is 0 Å². The molecule has 0 unspecified atom stereocenters. The van der Waals surface area contributed by atoms with Crippen LogP contribution < -0.4 is 11.1 Å². The molecule has 0 bridgehead atoms. The molecule has 104 valence electrons.